The number of ether oxygens (including phenoxy) is 1. The molecule has 1 saturated heterocycles. The van der Waals surface area contributed by atoms with E-state index in [4.69, 9.17) is 30.0 Å². The quantitative estimate of drug-likeness (QED) is 0.107. The zero-order valence-corrected chi connectivity index (χ0v) is 23.2. The maximum absolute atomic E-state index is 12.8. The Bertz CT molecular complexity index is 1510. The molecule has 1 aliphatic rings. The van der Waals surface area contributed by atoms with E-state index >= 15 is 0 Å². The third-order valence-electron chi connectivity index (χ3n) is 4.28. The lowest BCUT2D eigenvalue weighted by Crippen LogP contribution is -2.33. The van der Waals surface area contributed by atoms with Crippen LogP contribution in [0.2, 0.25) is 0 Å². The highest BCUT2D eigenvalue weighted by Crippen LogP contribution is 2.74. The summed E-state index contributed by atoms with van der Waals surface area (Å²) in [5, 5.41) is 20.8. The van der Waals surface area contributed by atoms with E-state index in [0.29, 0.717) is 0 Å². The van der Waals surface area contributed by atoms with Gasteiger partial charge in [-0.2, -0.15) is 22.2 Å². The van der Waals surface area contributed by atoms with Crippen LogP contribution in [0.5, 0.6) is 0 Å². The second kappa shape index (κ2) is 11.4. The van der Waals surface area contributed by atoms with Gasteiger partial charge in [0.05, 0.1) is 12.9 Å². The van der Waals surface area contributed by atoms with Crippen molar-refractivity contribution >= 4 is 56.2 Å². The van der Waals surface area contributed by atoms with Crippen molar-refractivity contribution in [1.82, 2.24) is 19.5 Å². The number of aromatic nitrogens is 4. The summed E-state index contributed by atoms with van der Waals surface area (Å²) in [6.45, 7) is -1.37. The number of aliphatic hydroxyl groups is 2. The van der Waals surface area contributed by atoms with Gasteiger partial charge in [0.2, 0.25) is 5.95 Å². The number of fused-ring (bicyclic) bond motifs is 1. The summed E-state index contributed by atoms with van der Waals surface area (Å²) < 4.78 is 83.4. The molecule has 0 aliphatic carbocycles. The van der Waals surface area contributed by atoms with Crippen molar-refractivity contribution < 1.29 is 88.9 Å². The van der Waals surface area contributed by atoms with Crippen molar-refractivity contribution in [2.24, 2.45) is 0 Å². The highest BCUT2D eigenvalue weighted by molar-refractivity contribution is 7.71. The summed E-state index contributed by atoms with van der Waals surface area (Å²) >= 11 is 0. The maximum atomic E-state index is 12.8. The highest BCUT2D eigenvalue weighted by atomic mass is 31.3. The molecule has 1 aliphatic heterocycles. The number of nitrogens with zero attached hydrogens (tertiary/aromatic N) is 3. The molecular weight excluding hydrogens is 665 g/mol. The van der Waals surface area contributed by atoms with Gasteiger partial charge in [0, 0.05) is 0 Å². The second-order valence-corrected chi connectivity index (χ2v) is 14.9. The fourth-order valence-corrected chi connectivity index (χ4v) is 9.05. The molecule has 2 aromatic rings. The molecule has 1 fully saturated rings. The first-order valence-electron chi connectivity index (χ1n) is 9.60. The predicted octanol–water partition coefficient (Wildman–Crippen LogP) is -2.10. The molecule has 0 amide bonds. The standard InChI is InChI=1S/C10H18N5O20P5/c11-10-13-7-4(8(18)14-10)12-2-15(7)9-6(17)5(16)3(31-9)1-30-40(29,34-38(25,26)32-36(19,20)21)35-39(27,28)33-37(22,23)24/h2-3,5-6,9,16-17H,1H2,(H,25,26)(H,27,28)(H2,19,20,21)(H2,22,23,24)(H3,11,13,14,18)/t3-,5-,6-,9-/m1/s1. The Kier molecular flexibility index (Phi) is 9.51. The van der Waals surface area contributed by atoms with Crippen molar-refractivity contribution in [2.75, 3.05) is 12.3 Å². The molecular formula is C10H18N5O20P5. The minimum atomic E-state index is -6.23. The van der Waals surface area contributed by atoms with Gasteiger partial charge >= 0.3 is 39.1 Å². The number of rotatable bonds is 12. The number of hydrogen-bond acceptors (Lipinski definition) is 17. The maximum Gasteiger partial charge on any atom is 0.492 e. The van der Waals surface area contributed by atoms with E-state index in [1.165, 1.54) is 0 Å². The van der Waals surface area contributed by atoms with Crippen LogP contribution in [0.3, 0.4) is 0 Å². The molecule has 2 aromatic heterocycles. The van der Waals surface area contributed by atoms with Crippen LogP contribution < -0.4 is 11.3 Å². The summed E-state index contributed by atoms with van der Waals surface area (Å²) in [6, 6.07) is 0. The third-order valence-corrected chi connectivity index (χ3v) is 11.4. The molecule has 2 unspecified atom stereocenters. The van der Waals surface area contributed by atoms with Gasteiger partial charge in [-0.25, -0.2) is 27.8 Å². The van der Waals surface area contributed by atoms with Gasteiger partial charge in [0.25, 0.3) is 5.56 Å². The summed E-state index contributed by atoms with van der Waals surface area (Å²) in [5.74, 6) is -0.376. The van der Waals surface area contributed by atoms with Crippen LogP contribution in [0.4, 0.5) is 5.95 Å². The van der Waals surface area contributed by atoms with E-state index in [-0.39, 0.29) is 17.1 Å². The highest BCUT2D eigenvalue weighted by Gasteiger charge is 2.51. The number of imidazole rings is 1. The monoisotopic (exact) mass is 683 g/mol. The Balaban J connectivity index is 1.87. The summed E-state index contributed by atoms with van der Waals surface area (Å²) in [6.07, 6.45) is -6.45. The Morgan fingerprint density at radius 1 is 0.925 bits per heavy atom. The number of hydrogen-bond donors (Lipinski definition) is 10. The lowest BCUT2D eigenvalue weighted by Gasteiger charge is -2.23. The summed E-state index contributed by atoms with van der Waals surface area (Å²) in [7, 11) is -30.4. The summed E-state index contributed by atoms with van der Waals surface area (Å²) in [4.78, 5) is 75.3. The van der Waals surface area contributed by atoms with Crippen molar-refractivity contribution in [3.05, 3.63) is 16.7 Å². The first kappa shape index (κ1) is 33.2. The number of phosphoric acid groups is 5. The van der Waals surface area contributed by atoms with E-state index < -0.39 is 75.8 Å². The predicted molar refractivity (Wildman–Crippen MR) is 120 cm³/mol. The molecule has 228 valence electrons. The van der Waals surface area contributed by atoms with Crippen LogP contribution in [0.25, 0.3) is 11.2 Å². The number of nitrogen functional groups attached to an aromatic ring is 1. The van der Waals surface area contributed by atoms with E-state index in [2.05, 4.69) is 36.7 Å². The molecule has 40 heavy (non-hydrogen) atoms. The number of nitrogens with one attached hydrogen (secondary N) is 1. The number of nitrogens with two attached hydrogens (primary N) is 1. The van der Waals surface area contributed by atoms with Crippen LogP contribution in [0.1, 0.15) is 6.23 Å². The van der Waals surface area contributed by atoms with Crippen molar-refractivity contribution in [3.8, 4) is 0 Å². The molecule has 0 aromatic carbocycles. The van der Waals surface area contributed by atoms with Crippen LogP contribution in [-0.4, -0.2) is 84.0 Å². The smallest absolute Gasteiger partial charge is 0.387 e. The first-order chi connectivity index (χ1) is 18.0. The molecule has 30 heteroatoms. The molecule has 11 N–H and O–H groups in total. The molecule has 3 heterocycles. The number of aromatic amines is 1. The fourth-order valence-electron chi connectivity index (χ4n) is 3.00. The molecule has 3 rings (SSSR count). The Labute approximate surface area is 218 Å². The molecule has 0 saturated carbocycles. The summed E-state index contributed by atoms with van der Waals surface area (Å²) in [5.41, 5.74) is 4.15. The topological polar surface area (TPSA) is 392 Å². The molecule has 6 atom stereocenters. The lowest BCUT2D eigenvalue weighted by molar-refractivity contribution is -0.0502. The van der Waals surface area contributed by atoms with Gasteiger partial charge < -0.3 is 50.0 Å². The Morgan fingerprint density at radius 3 is 1.95 bits per heavy atom. The van der Waals surface area contributed by atoms with Gasteiger partial charge in [0.1, 0.15) is 18.3 Å². The minimum Gasteiger partial charge on any atom is -0.387 e. The van der Waals surface area contributed by atoms with Gasteiger partial charge in [-0.3, -0.25) is 18.9 Å². The van der Waals surface area contributed by atoms with E-state index in [1.807, 2.05) is 0 Å². The fraction of sp³-hybridized carbons (Fsp3) is 0.500. The van der Waals surface area contributed by atoms with E-state index in [1.54, 1.807) is 0 Å². The lowest BCUT2D eigenvalue weighted by atomic mass is 10.1. The number of aliphatic hydroxyl groups excluding tert-OH is 2. The number of H-pyrrole nitrogens is 1. The second-order valence-electron chi connectivity index (χ2n) is 7.31. The Morgan fingerprint density at radius 2 is 1.45 bits per heavy atom. The van der Waals surface area contributed by atoms with E-state index in [0.717, 1.165) is 10.9 Å². The van der Waals surface area contributed by atoms with Gasteiger partial charge in [-0.1, -0.05) is 0 Å². The third kappa shape index (κ3) is 8.63. The van der Waals surface area contributed by atoms with Crippen LogP contribution in [-0.2, 0) is 49.3 Å². The van der Waals surface area contributed by atoms with Crippen molar-refractivity contribution in [2.45, 2.75) is 24.5 Å². The normalized spacial score (nSPS) is 26.8. The first-order valence-corrected chi connectivity index (χ1v) is 17.1. The average Bonchev–Trinajstić information content (AvgIpc) is 3.23. The SMILES string of the molecule is Nc1nc2c(ncn2[C@@H]2O[C@H](COP(=O)(OP(=O)(O)OP(=O)(O)O)OP(=O)(O)OP(=O)(O)O)[C@@H](O)[C@H]2O)c(=O)[nH]1. The van der Waals surface area contributed by atoms with Gasteiger partial charge in [-0.15, -0.1) is 0 Å². The Hall–Kier alpha value is -1.26. The van der Waals surface area contributed by atoms with Gasteiger partial charge in [0.15, 0.2) is 17.4 Å². The van der Waals surface area contributed by atoms with E-state index in [9.17, 15) is 47.6 Å². The van der Waals surface area contributed by atoms with Gasteiger partial charge in [-0.05, 0) is 0 Å². The van der Waals surface area contributed by atoms with Crippen LogP contribution in [0.15, 0.2) is 11.1 Å². The van der Waals surface area contributed by atoms with Crippen LogP contribution in [0, 0.1) is 0 Å². The largest absolute Gasteiger partial charge is 0.492 e. The zero-order valence-electron chi connectivity index (χ0n) is 18.7. The molecule has 0 radical (unpaired) electrons. The van der Waals surface area contributed by atoms with Crippen molar-refractivity contribution in [3.63, 3.8) is 0 Å². The van der Waals surface area contributed by atoms with Crippen molar-refractivity contribution in [1.29, 1.82) is 0 Å². The molecule has 0 bridgehead atoms. The number of anilines is 1. The molecule has 25 nitrogen and oxygen atoms in total. The molecule has 0 spiro atoms. The zero-order chi connectivity index (χ0) is 30.5. The average molecular weight is 683 g/mol. The minimum absolute atomic E-state index is 0.247. The van der Waals surface area contributed by atoms with Crippen LogP contribution >= 0.6 is 39.1 Å².